The highest BCUT2D eigenvalue weighted by Crippen LogP contribution is 2.20. The van der Waals surface area contributed by atoms with Crippen molar-refractivity contribution < 1.29 is 24.9 Å². The van der Waals surface area contributed by atoms with E-state index >= 15 is 0 Å². The van der Waals surface area contributed by atoms with Crippen LogP contribution in [0.1, 0.15) is 26.7 Å². The van der Waals surface area contributed by atoms with E-state index in [0.717, 1.165) is 12.8 Å². The van der Waals surface area contributed by atoms with E-state index in [9.17, 15) is 20.1 Å². The number of aliphatic hydroxyl groups excluding tert-OH is 3. The molecule has 6 heteroatoms. The number of nitrogens with zero attached hydrogens (tertiary/aromatic N) is 1. The van der Waals surface area contributed by atoms with Crippen LogP contribution >= 0.6 is 0 Å². The van der Waals surface area contributed by atoms with Gasteiger partial charge in [-0.15, -0.1) is 0 Å². The van der Waals surface area contributed by atoms with Gasteiger partial charge in [0, 0.05) is 13.5 Å². The van der Waals surface area contributed by atoms with Crippen LogP contribution in [0, 0.1) is 0 Å². The molecule has 1 aliphatic heterocycles. The highest BCUT2D eigenvalue weighted by atomic mass is 16.5. The molecule has 1 fully saturated rings. The van der Waals surface area contributed by atoms with Crippen LogP contribution in [0.15, 0.2) is 0 Å². The second kappa shape index (κ2) is 7.04. The summed E-state index contributed by atoms with van der Waals surface area (Å²) < 4.78 is 4.91. The van der Waals surface area contributed by atoms with Gasteiger partial charge in [-0.1, -0.05) is 13.3 Å². The van der Waals surface area contributed by atoms with Gasteiger partial charge in [0.25, 0.3) is 0 Å². The molecule has 0 aromatic rings. The van der Waals surface area contributed by atoms with Gasteiger partial charge in [-0.3, -0.25) is 9.69 Å². The van der Waals surface area contributed by atoms with Crippen molar-refractivity contribution in [2.24, 2.45) is 0 Å². The number of hydrogen-bond acceptors (Lipinski definition) is 6. The lowest BCUT2D eigenvalue weighted by Gasteiger charge is -2.43. The number of aliphatic hydroxyl groups is 3. The van der Waals surface area contributed by atoms with Crippen LogP contribution in [0.25, 0.3) is 0 Å². The van der Waals surface area contributed by atoms with E-state index < -0.39 is 30.3 Å². The van der Waals surface area contributed by atoms with Crippen LogP contribution in [0.4, 0.5) is 0 Å². The topological polar surface area (TPSA) is 90.2 Å². The van der Waals surface area contributed by atoms with Gasteiger partial charge in [-0.05, 0) is 13.0 Å². The zero-order chi connectivity index (χ0) is 13.7. The third-order valence-corrected chi connectivity index (χ3v) is 3.29. The fourth-order valence-corrected chi connectivity index (χ4v) is 2.18. The first-order chi connectivity index (χ1) is 8.47. The summed E-state index contributed by atoms with van der Waals surface area (Å²) in [6, 6.07) is -0.459. The Morgan fingerprint density at radius 2 is 2.00 bits per heavy atom. The molecule has 3 N–H and O–H groups in total. The lowest BCUT2D eigenvalue weighted by Crippen LogP contribution is -2.62. The number of likely N-dealkylation sites (tertiary alicyclic amines) is 1. The molecule has 1 aliphatic rings. The first-order valence-corrected chi connectivity index (χ1v) is 6.39. The van der Waals surface area contributed by atoms with Gasteiger partial charge >= 0.3 is 5.97 Å². The quantitative estimate of drug-likeness (QED) is 0.557. The van der Waals surface area contributed by atoms with Crippen molar-refractivity contribution >= 4 is 5.97 Å². The number of esters is 1. The SMILES string of the molecule is CCCCN1C[C@H](O)[C@@H](O)[C@H](O)[C@H]1COC(C)=O. The predicted octanol–water partition coefficient (Wildman–Crippen LogP) is -0.884. The largest absolute Gasteiger partial charge is 0.464 e. The lowest BCUT2D eigenvalue weighted by atomic mass is 9.94. The zero-order valence-electron chi connectivity index (χ0n) is 11.0. The first-order valence-electron chi connectivity index (χ1n) is 6.39. The Balaban J connectivity index is 2.66. The molecule has 6 nitrogen and oxygen atoms in total. The van der Waals surface area contributed by atoms with Crippen molar-refractivity contribution in [2.45, 2.75) is 51.0 Å². The van der Waals surface area contributed by atoms with Crippen LogP contribution in [-0.4, -0.2) is 70.2 Å². The summed E-state index contributed by atoms with van der Waals surface area (Å²) >= 11 is 0. The molecule has 1 saturated heterocycles. The van der Waals surface area contributed by atoms with E-state index in [4.69, 9.17) is 4.74 Å². The summed E-state index contributed by atoms with van der Waals surface area (Å²) in [7, 11) is 0. The summed E-state index contributed by atoms with van der Waals surface area (Å²) in [5, 5.41) is 29.3. The first kappa shape index (κ1) is 15.4. The van der Waals surface area contributed by atoms with Crippen molar-refractivity contribution in [3.05, 3.63) is 0 Å². The second-order valence-electron chi connectivity index (χ2n) is 4.77. The van der Waals surface area contributed by atoms with E-state index in [-0.39, 0.29) is 13.2 Å². The number of carbonyl (C=O) groups is 1. The fourth-order valence-electron chi connectivity index (χ4n) is 2.18. The number of hydrogen-bond donors (Lipinski definition) is 3. The molecule has 0 aliphatic carbocycles. The van der Waals surface area contributed by atoms with E-state index in [0.29, 0.717) is 6.54 Å². The van der Waals surface area contributed by atoms with Gasteiger partial charge in [0.1, 0.15) is 18.8 Å². The van der Waals surface area contributed by atoms with Crippen LogP contribution in [-0.2, 0) is 9.53 Å². The van der Waals surface area contributed by atoms with E-state index in [2.05, 4.69) is 0 Å². The minimum atomic E-state index is -1.19. The molecule has 1 heterocycles. The lowest BCUT2D eigenvalue weighted by molar-refractivity contribution is -0.161. The molecule has 1 rings (SSSR count). The minimum Gasteiger partial charge on any atom is -0.464 e. The maximum absolute atomic E-state index is 10.8. The molecule has 0 saturated carbocycles. The molecule has 0 aromatic heterocycles. The summed E-state index contributed by atoms with van der Waals surface area (Å²) in [6.07, 6.45) is -1.35. The van der Waals surface area contributed by atoms with Crippen molar-refractivity contribution in [2.75, 3.05) is 19.7 Å². The van der Waals surface area contributed by atoms with Crippen molar-refractivity contribution in [3.63, 3.8) is 0 Å². The Hall–Kier alpha value is -0.690. The van der Waals surface area contributed by atoms with Crippen molar-refractivity contribution in [1.82, 2.24) is 4.90 Å². The highest BCUT2D eigenvalue weighted by Gasteiger charge is 2.41. The molecule has 18 heavy (non-hydrogen) atoms. The van der Waals surface area contributed by atoms with E-state index in [1.54, 1.807) is 0 Å². The molecule has 106 valence electrons. The molecular formula is C12H23NO5. The standard InChI is InChI=1S/C12H23NO5/c1-3-4-5-13-6-10(15)12(17)11(16)9(13)7-18-8(2)14/h9-12,15-17H,3-7H2,1-2H3/t9-,10+,11-,12-/m1/s1. The van der Waals surface area contributed by atoms with Crippen LogP contribution < -0.4 is 0 Å². The Kier molecular flexibility index (Phi) is 6.01. The third-order valence-electron chi connectivity index (χ3n) is 3.29. The average molecular weight is 261 g/mol. The average Bonchev–Trinajstić information content (AvgIpc) is 2.32. The smallest absolute Gasteiger partial charge is 0.302 e. The van der Waals surface area contributed by atoms with Gasteiger partial charge in [-0.25, -0.2) is 0 Å². The predicted molar refractivity (Wildman–Crippen MR) is 64.9 cm³/mol. The molecule has 0 amide bonds. The molecule has 0 radical (unpaired) electrons. The van der Waals surface area contributed by atoms with Gasteiger partial charge < -0.3 is 20.1 Å². The summed E-state index contributed by atoms with van der Waals surface area (Å²) in [4.78, 5) is 12.7. The number of carbonyl (C=O) groups excluding carboxylic acids is 1. The summed E-state index contributed by atoms with van der Waals surface area (Å²) in [6.45, 7) is 4.36. The number of rotatable bonds is 5. The maximum Gasteiger partial charge on any atom is 0.302 e. The van der Waals surface area contributed by atoms with Crippen LogP contribution in [0.3, 0.4) is 0 Å². The Morgan fingerprint density at radius 3 is 2.56 bits per heavy atom. The summed E-state index contributed by atoms with van der Waals surface area (Å²) in [5.41, 5.74) is 0. The Bertz CT molecular complexity index is 273. The molecular weight excluding hydrogens is 238 g/mol. The molecule has 0 aromatic carbocycles. The third kappa shape index (κ3) is 3.91. The van der Waals surface area contributed by atoms with Crippen molar-refractivity contribution in [3.8, 4) is 0 Å². The van der Waals surface area contributed by atoms with E-state index in [1.807, 2.05) is 11.8 Å². The number of unbranched alkanes of at least 4 members (excludes halogenated alkanes) is 1. The highest BCUT2D eigenvalue weighted by molar-refractivity contribution is 5.65. The van der Waals surface area contributed by atoms with Crippen LogP contribution in [0.2, 0.25) is 0 Å². The molecule has 0 spiro atoms. The zero-order valence-corrected chi connectivity index (χ0v) is 11.0. The second-order valence-corrected chi connectivity index (χ2v) is 4.77. The Labute approximate surface area is 107 Å². The number of β-amino-alcohol motifs (C(OH)–C–C–N with tert-alkyl or cyclic N) is 1. The van der Waals surface area contributed by atoms with Gasteiger partial charge in [-0.2, -0.15) is 0 Å². The molecule has 0 bridgehead atoms. The fraction of sp³-hybridized carbons (Fsp3) is 0.917. The van der Waals surface area contributed by atoms with Gasteiger partial charge in [0.2, 0.25) is 0 Å². The van der Waals surface area contributed by atoms with Gasteiger partial charge in [0.15, 0.2) is 0 Å². The van der Waals surface area contributed by atoms with E-state index in [1.165, 1.54) is 6.92 Å². The monoisotopic (exact) mass is 261 g/mol. The minimum absolute atomic E-state index is 0.0317. The van der Waals surface area contributed by atoms with Crippen LogP contribution in [0.5, 0.6) is 0 Å². The molecule has 4 atom stereocenters. The maximum atomic E-state index is 10.8. The van der Waals surface area contributed by atoms with Crippen molar-refractivity contribution in [1.29, 1.82) is 0 Å². The summed E-state index contributed by atoms with van der Waals surface area (Å²) in [5.74, 6) is -0.418. The normalized spacial score (nSPS) is 33.4. The Morgan fingerprint density at radius 1 is 1.33 bits per heavy atom. The number of ether oxygens (including phenoxy) is 1. The number of piperidine rings is 1. The molecule has 0 unspecified atom stereocenters. The van der Waals surface area contributed by atoms with Gasteiger partial charge in [0.05, 0.1) is 12.1 Å².